The Balaban J connectivity index is 2.73. The first-order valence-electron chi connectivity index (χ1n) is 5.73. The van der Waals surface area contributed by atoms with Crippen molar-refractivity contribution in [1.82, 2.24) is 0 Å². The van der Waals surface area contributed by atoms with Gasteiger partial charge in [0.05, 0.1) is 0 Å². The van der Waals surface area contributed by atoms with Gasteiger partial charge in [0.2, 0.25) is 0 Å². The molecule has 0 heteroatoms. The van der Waals surface area contributed by atoms with E-state index >= 15 is 0 Å². The molecule has 0 fully saturated rings. The second kappa shape index (κ2) is 3.95. The molecule has 82 valence electrons. The Kier molecular flexibility index (Phi) is 2.30. The van der Waals surface area contributed by atoms with Gasteiger partial charge in [0.15, 0.2) is 0 Å². The molecule has 0 nitrogen and oxygen atoms in total. The molecule has 0 aliphatic rings. The Hall–Kier alpha value is -2.70. The molecule has 0 bridgehead atoms. The summed E-state index contributed by atoms with van der Waals surface area (Å²) in [5, 5.41) is 4.19. The third-order valence-electron chi connectivity index (χ3n) is 3.22. The number of rotatable bonds is 0. The van der Waals surface area contributed by atoms with Crippen molar-refractivity contribution in [2.45, 2.75) is 0 Å². The largest absolute Gasteiger partial charge is 0.115 e. The molecule has 3 rings (SSSR count). The third-order valence-corrected chi connectivity index (χ3v) is 3.22. The summed E-state index contributed by atoms with van der Waals surface area (Å²) >= 11 is 0. The lowest BCUT2D eigenvalue weighted by Gasteiger charge is -2.10. The molecule has 0 heterocycles. The molecule has 18 heavy (non-hydrogen) atoms. The summed E-state index contributed by atoms with van der Waals surface area (Å²) in [4.78, 5) is 0. The van der Waals surface area contributed by atoms with Crippen LogP contribution in [0.2, 0.25) is 0 Å². The van der Waals surface area contributed by atoms with E-state index in [1.165, 1.54) is 0 Å². The minimum atomic E-state index is 0.917. The zero-order chi connectivity index (χ0) is 12.5. The highest BCUT2D eigenvalue weighted by molar-refractivity contribution is 6.09. The van der Waals surface area contributed by atoms with Crippen molar-refractivity contribution in [2.75, 3.05) is 0 Å². The molecular weight excluding hydrogens is 216 g/mol. The highest BCUT2D eigenvalue weighted by Crippen LogP contribution is 2.31. The molecule has 0 aliphatic carbocycles. The maximum atomic E-state index is 5.67. The average molecular weight is 226 g/mol. The van der Waals surface area contributed by atoms with E-state index in [4.69, 9.17) is 12.8 Å². The lowest BCUT2D eigenvalue weighted by atomic mass is 9.92. The maximum absolute atomic E-state index is 5.67. The topological polar surface area (TPSA) is 0 Å². The van der Waals surface area contributed by atoms with E-state index < -0.39 is 0 Å². The fraction of sp³-hybridized carbons (Fsp3) is 0. The van der Waals surface area contributed by atoms with Crippen LogP contribution in [0.5, 0.6) is 0 Å². The van der Waals surface area contributed by atoms with Gasteiger partial charge in [-0.2, -0.15) is 0 Å². The van der Waals surface area contributed by atoms with Gasteiger partial charge in [-0.15, -0.1) is 12.8 Å². The van der Waals surface area contributed by atoms with E-state index in [1.807, 2.05) is 48.5 Å². The van der Waals surface area contributed by atoms with Crippen molar-refractivity contribution >= 4 is 21.5 Å². The SMILES string of the molecule is C#Cc1c2ccccc2c(C#C)c2ccccc12. The molecule has 0 spiro atoms. The summed E-state index contributed by atoms with van der Waals surface area (Å²) in [7, 11) is 0. The summed E-state index contributed by atoms with van der Waals surface area (Å²) in [5.41, 5.74) is 1.83. The Morgan fingerprint density at radius 2 is 0.833 bits per heavy atom. The number of benzene rings is 3. The quantitative estimate of drug-likeness (QED) is 0.402. The number of hydrogen-bond donors (Lipinski definition) is 0. The smallest absolute Gasteiger partial charge is 0.0400 e. The number of terminal acetylenes is 2. The van der Waals surface area contributed by atoms with Crippen molar-refractivity contribution in [3.8, 4) is 24.7 Å². The lowest BCUT2D eigenvalue weighted by molar-refractivity contribution is 1.71. The van der Waals surface area contributed by atoms with Gasteiger partial charge in [-0.1, -0.05) is 60.4 Å². The molecular formula is C18H10. The van der Waals surface area contributed by atoms with E-state index in [2.05, 4.69) is 11.8 Å². The minimum absolute atomic E-state index is 0.917. The fourth-order valence-electron chi connectivity index (χ4n) is 2.44. The molecule has 0 aromatic heterocycles. The summed E-state index contributed by atoms with van der Waals surface area (Å²) in [6, 6.07) is 16.0. The fourth-order valence-corrected chi connectivity index (χ4v) is 2.44. The minimum Gasteiger partial charge on any atom is -0.115 e. The maximum Gasteiger partial charge on any atom is 0.0400 e. The average Bonchev–Trinajstić information content (AvgIpc) is 2.44. The van der Waals surface area contributed by atoms with Crippen molar-refractivity contribution in [2.24, 2.45) is 0 Å². The molecule has 3 aromatic rings. The monoisotopic (exact) mass is 226 g/mol. The standard InChI is InChI=1S/C18H10/c1-3-13-15-9-5-7-11-17(15)14(4-2)18-12-8-6-10-16(13)18/h1-2,5-12H. The predicted octanol–water partition coefficient (Wildman–Crippen LogP) is 3.96. The number of hydrogen-bond acceptors (Lipinski definition) is 0. The van der Waals surface area contributed by atoms with Crippen molar-refractivity contribution in [1.29, 1.82) is 0 Å². The summed E-state index contributed by atoms with van der Waals surface area (Å²) < 4.78 is 0. The highest BCUT2D eigenvalue weighted by Gasteiger charge is 2.10. The van der Waals surface area contributed by atoms with Gasteiger partial charge in [0, 0.05) is 11.1 Å². The van der Waals surface area contributed by atoms with E-state index in [0.717, 1.165) is 32.7 Å². The molecule has 0 aliphatic heterocycles. The van der Waals surface area contributed by atoms with Crippen LogP contribution in [0.4, 0.5) is 0 Å². The van der Waals surface area contributed by atoms with Gasteiger partial charge >= 0.3 is 0 Å². The van der Waals surface area contributed by atoms with E-state index in [1.54, 1.807) is 0 Å². The van der Waals surface area contributed by atoms with Gasteiger partial charge in [0.1, 0.15) is 0 Å². The molecule has 3 aromatic carbocycles. The van der Waals surface area contributed by atoms with Crippen LogP contribution in [0.1, 0.15) is 11.1 Å². The van der Waals surface area contributed by atoms with Crippen molar-refractivity contribution in [3.05, 3.63) is 59.7 Å². The zero-order valence-corrected chi connectivity index (χ0v) is 9.77. The van der Waals surface area contributed by atoms with Gasteiger partial charge in [0.25, 0.3) is 0 Å². The van der Waals surface area contributed by atoms with E-state index in [-0.39, 0.29) is 0 Å². The zero-order valence-electron chi connectivity index (χ0n) is 9.77. The molecule has 0 saturated carbocycles. The molecule has 0 radical (unpaired) electrons. The van der Waals surface area contributed by atoms with Crippen LogP contribution in [0.25, 0.3) is 21.5 Å². The third kappa shape index (κ3) is 1.30. The molecule has 0 atom stereocenters. The normalized spacial score (nSPS) is 10.1. The van der Waals surface area contributed by atoms with Gasteiger partial charge in [-0.25, -0.2) is 0 Å². The van der Waals surface area contributed by atoms with Crippen molar-refractivity contribution < 1.29 is 0 Å². The Morgan fingerprint density at radius 3 is 1.06 bits per heavy atom. The number of fused-ring (bicyclic) bond motifs is 2. The molecule has 0 saturated heterocycles. The Labute approximate surface area is 106 Å². The Bertz CT molecular complexity index is 710. The molecule has 0 unspecified atom stereocenters. The summed E-state index contributed by atoms with van der Waals surface area (Å²) in [6.07, 6.45) is 11.3. The van der Waals surface area contributed by atoms with Gasteiger partial charge in [-0.3, -0.25) is 0 Å². The van der Waals surface area contributed by atoms with Crippen LogP contribution in [-0.4, -0.2) is 0 Å². The van der Waals surface area contributed by atoms with Crippen molar-refractivity contribution in [3.63, 3.8) is 0 Å². The van der Waals surface area contributed by atoms with E-state index in [9.17, 15) is 0 Å². The first-order chi connectivity index (χ1) is 8.86. The predicted molar refractivity (Wildman–Crippen MR) is 77.3 cm³/mol. The summed E-state index contributed by atoms with van der Waals surface area (Å²) in [5.74, 6) is 5.59. The molecule has 0 amide bonds. The molecule has 0 N–H and O–H groups in total. The first kappa shape index (κ1) is 10.5. The van der Waals surface area contributed by atoms with Gasteiger partial charge in [-0.05, 0) is 21.5 Å². The van der Waals surface area contributed by atoms with Crippen LogP contribution in [0.3, 0.4) is 0 Å². The highest BCUT2D eigenvalue weighted by atomic mass is 14.1. The first-order valence-corrected chi connectivity index (χ1v) is 5.73. The van der Waals surface area contributed by atoms with Crippen LogP contribution < -0.4 is 0 Å². The Morgan fingerprint density at radius 1 is 0.556 bits per heavy atom. The van der Waals surface area contributed by atoms with E-state index in [0.29, 0.717) is 0 Å². The van der Waals surface area contributed by atoms with Gasteiger partial charge < -0.3 is 0 Å². The second-order valence-electron chi connectivity index (χ2n) is 4.13. The van der Waals surface area contributed by atoms with Crippen LogP contribution in [0, 0.1) is 24.7 Å². The van der Waals surface area contributed by atoms with Crippen LogP contribution in [0.15, 0.2) is 48.5 Å². The summed E-state index contributed by atoms with van der Waals surface area (Å²) in [6.45, 7) is 0. The lowest BCUT2D eigenvalue weighted by Crippen LogP contribution is -1.89. The van der Waals surface area contributed by atoms with Crippen LogP contribution >= 0.6 is 0 Å². The van der Waals surface area contributed by atoms with Crippen LogP contribution in [-0.2, 0) is 0 Å². The second-order valence-corrected chi connectivity index (χ2v) is 4.13.